The van der Waals surface area contributed by atoms with Crippen molar-refractivity contribution in [2.45, 2.75) is 0 Å². The Hall–Kier alpha value is 0.491. The molecule has 7 heteroatoms. The van der Waals surface area contributed by atoms with Crippen LogP contribution in [0, 0.1) is 0 Å². The summed E-state index contributed by atoms with van der Waals surface area (Å²) in [4.78, 5) is 0. The Balaban J connectivity index is 2.45. The quantitative estimate of drug-likeness (QED) is 0.323. The molecule has 4 N–H and O–H groups in total. The topological polar surface area (TPSA) is 70.5 Å². The van der Waals surface area contributed by atoms with Gasteiger partial charge in [-0.1, -0.05) is 0 Å². The fourth-order valence-electron chi connectivity index (χ4n) is 0.110. The molecule has 0 rings (SSSR count). The molecule has 0 aliphatic carbocycles. The third-order valence-electron chi connectivity index (χ3n) is 0.285. The maximum absolute atomic E-state index is 5.09. The van der Waals surface area contributed by atoms with Crippen molar-refractivity contribution in [1.29, 1.82) is 0 Å². The van der Waals surface area contributed by atoms with Gasteiger partial charge in [-0.25, -0.2) is 0 Å². The van der Waals surface area contributed by atoms with Gasteiger partial charge in [0.1, 0.15) is 0 Å². The average molecular weight is 152 g/mol. The average Bonchev–Trinajstić information content (AvgIpc) is 1.69. The molecule has 2 radical (unpaired) electrons. The molecule has 0 aliphatic heterocycles. The minimum Gasteiger partial charge on any atom is -0.427 e. The summed E-state index contributed by atoms with van der Waals surface area (Å²) in [7, 11) is -1.40. The molecule has 0 fully saturated rings. The van der Waals surface area contributed by atoms with Crippen molar-refractivity contribution in [3.8, 4) is 0 Å². The van der Waals surface area contributed by atoms with E-state index < -0.39 is 19.8 Å². The normalized spacial score (nSPS) is 12.9. The van der Waals surface area contributed by atoms with Gasteiger partial charge >= 0.3 is 10.0 Å². The van der Waals surface area contributed by atoms with E-state index in [-0.39, 0.29) is 10.0 Å². The second kappa shape index (κ2) is 6.49. The molecule has 0 bridgehead atoms. The zero-order valence-electron chi connectivity index (χ0n) is 3.89. The van der Waals surface area contributed by atoms with Crippen LogP contribution in [0.1, 0.15) is 0 Å². The zero-order chi connectivity index (χ0) is 5.54. The lowest BCUT2D eigenvalue weighted by atomic mass is 13.9. The first-order valence-electron chi connectivity index (χ1n) is 1.80. The Morgan fingerprint density at radius 3 is 1.86 bits per heavy atom. The van der Waals surface area contributed by atoms with Crippen LogP contribution in [0.2, 0.25) is 0 Å². The van der Waals surface area contributed by atoms with Gasteiger partial charge in [-0.05, 0) is 0 Å². The van der Waals surface area contributed by atoms with Crippen LogP contribution >= 0.6 is 0 Å². The predicted octanol–water partition coefficient (Wildman–Crippen LogP) is -3.53. The van der Waals surface area contributed by atoms with Crippen LogP contribution in [0.4, 0.5) is 0 Å². The minimum atomic E-state index is -0.752. The van der Waals surface area contributed by atoms with Gasteiger partial charge in [0, 0.05) is 0 Å². The summed E-state index contributed by atoms with van der Waals surface area (Å²) in [6.45, 7) is 0. The molecule has 0 aromatic carbocycles. The van der Waals surface area contributed by atoms with Crippen molar-refractivity contribution >= 4 is 29.9 Å². The summed E-state index contributed by atoms with van der Waals surface area (Å²) in [5.41, 5.74) is 0. The predicted molar refractivity (Wildman–Crippen MR) is 33.4 cm³/mol. The fraction of sp³-hybridized carbons (Fsp3) is 0. The fourth-order valence-corrected chi connectivity index (χ4v) is 1.74. The molecule has 0 heterocycles. The molecule has 0 aromatic heterocycles. The Labute approximate surface area is 49.7 Å². The highest BCUT2D eigenvalue weighted by molar-refractivity contribution is 6.42. The number of nitrogens with two attached hydrogens (primary N) is 2. The van der Waals surface area contributed by atoms with Crippen LogP contribution in [0.5, 0.6) is 0 Å². The van der Waals surface area contributed by atoms with Crippen LogP contribution in [0.25, 0.3) is 0 Å². The molecule has 0 unspecified atom stereocenters. The molecule has 0 spiro atoms. The van der Waals surface area contributed by atoms with Gasteiger partial charge < -0.3 is 19.0 Å². The summed E-state index contributed by atoms with van der Waals surface area (Å²) in [5.74, 6) is 0. The van der Waals surface area contributed by atoms with E-state index >= 15 is 0 Å². The molecular weight excluding hydrogens is 144 g/mol. The molecule has 0 amide bonds. The van der Waals surface area contributed by atoms with Crippen molar-refractivity contribution in [1.82, 2.24) is 0 Å². The Morgan fingerprint density at radius 1 is 1.14 bits per heavy atom. The Kier molecular flexibility index (Phi) is 6.95. The van der Waals surface area contributed by atoms with Crippen molar-refractivity contribution in [3.05, 3.63) is 0 Å². The molecule has 0 atom stereocenters. The Bertz CT molecular complexity index is 30.1. The second-order valence-electron chi connectivity index (χ2n) is 0.705. The first-order valence-corrected chi connectivity index (χ1v) is 5.41. The van der Waals surface area contributed by atoms with Crippen LogP contribution < -0.4 is 10.8 Å². The maximum Gasteiger partial charge on any atom is 0.411 e. The lowest BCUT2D eigenvalue weighted by Gasteiger charge is -1.93. The van der Waals surface area contributed by atoms with E-state index in [4.69, 9.17) is 19.0 Å². The van der Waals surface area contributed by atoms with E-state index in [2.05, 4.69) is 0 Å². The van der Waals surface area contributed by atoms with Gasteiger partial charge in [-0.15, -0.1) is 0 Å². The summed E-state index contributed by atoms with van der Waals surface area (Å²) < 4.78 is 9.50. The summed E-state index contributed by atoms with van der Waals surface area (Å²) >= 11 is 0. The van der Waals surface area contributed by atoms with Gasteiger partial charge in [0.15, 0.2) is 0 Å². The van der Waals surface area contributed by atoms with E-state index in [0.29, 0.717) is 0 Å². The van der Waals surface area contributed by atoms with Crippen LogP contribution in [0.15, 0.2) is 0 Å². The first kappa shape index (κ1) is 7.49. The summed E-state index contributed by atoms with van der Waals surface area (Å²) in [6, 6.07) is 0. The van der Waals surface area contributed by atoms with Crippen LogP contribution in [-0.2, 0) is 8.23 Å². The molecule has 0 aromatic rings. The summed E-state index contributed by atoms with van der Waals surface area (Å²) in [5, 5.41) is 10.2. The van der Waals surface area contributed by atoms with Crippen molar-refractivity contribution < 1.29 is 8.23 Å². The van der Waals surface area contributed by atoms with Gasteiger partial charge in [-0.3, -0.25) is 0 Å². The number of hydrogen-bond acceptors (Lipinski definition) is 4. The molecule has 42 valence electrons. The molecule has 7 heavy (non-hydrogen) atoms. The highest BCUT2D eigenvalue weighted by Gasteiger charge is 1.84. The van der Waals surface area contributed by atoms with Gasteiger partial charge in [0.25, 0.3) is 0 Å². The molecule has 0 saturated heterocycles. The highest BCUT2D eigenvalue weighted by Crippen LogP contribution is 1.59. The Morgan fingerprint density at radius 2 is 1.57 bits per heavy atom. The molecular formula is H8N2O2Si3. The van der Waals surface area contributed by atoms with E-state index in [1.54, 1.807) is 0 Å². The van der Waals surface area contributed by atoms with Crippen molar-refractivity contribution in [2.75, 3.05) is 0 Å². The molecule has 0 aliphatic rings. The van der Waals surface area contributed by atoms with E-state index in [1.807, 2.05) is 0 Å². The third kappa shape index (κ3) is 6.49. The summed E-state index contributed by atoms with van der Waals surface area (Å²) in [6.07, 6.45) is 0. The smallest absolute Gasteiger partial charge is 0.411 e. The zero-order valence-corrected chi connectivity index (χ0v) is 7.71. The van der Waals surface area contributed by atoms with Crippen LogP contribution in [-0.4, -0.2) is 29.9 Å². The van der Waals surface area contributed by atoms with Gasteiger partial charge in [-0.2, -0.15) is 0 Å². The van der Waals surface area contributed by atoms with Crippen molar-refractivity contribution in [3.63, 3.8) is 0 Å². The van der Waals surface area contributed by atoms with Gasteiger partial charge in [0.05, 0.1) is 0 Å². The monoisotopic (exact) mass is 152 g/mol. The lowest BCUT2D eigenvalue weighted by molar-refractivity contribution is 0.493. The minimum absolute atomic E-state index is 0.106. The SMILES string of the molecule is N[SiH2]O[Si]O[SiH2]N. The third-order valence-corrected chi connectivity index (χ3v) is 2.56. The van der Waals surface area contributed by atoms with Crippen LogP contribution in [0.3, 0.4) is 0 Å². The molecule has 0 saturated carbocycles. The lowest BCUT2D eigenvalue weighted by Crippen LogP contribution is -2.20. The highest BCUT2D eigenvalue weighted by atomic mass is 28.4. The second-order valence-corrected chi connectivity index (χ2v) is 3.85. The largest absolute Gasteiger partial charge is 0.427 e. The maximum atomic E-state index is 5.09. The van der Waals surface area contributed by atoms with E-state index in [9.17, 15) is 0 Å². The van der Waals surface area contributed by atoms with E-state index in [0.717, 1.165) is 0 Å². The first-order chi connectivity index (χ1) is 3.41. The molecule has 4 nitrogen and oxygen atoms in total. The van der Waals surface area contributed by atoms with E-state index in [1.165, 1.54) is 0 Å². The number of hydrogen-bond donors (Lipinski definition) is 2. The standard InChI is InChI=1S/H8N2O2Si3/c1-5-3-7-4-6-2/h1-2,5-6H2. The van der Waals surface area contributed by atoms with Gasteiger partial charge in [0.2, 0.25) is 19.8 Å². The number of rotatable bonds is 4. The van der Waals surface area contributed by atoms with Crippen molar-refractivity contribution in [2.24, 2.45) is 10.8 Å².